The zero-order valence-electron chi connectivity index (χ0n) is 11.4. The van der Waals surface area contributed by atoms with E-state index >= 15 is 0 Å². The van der Waals surface area contributed by atoms with Gasteiger partial charge in [-0.15, -0.1) is 12.3 Å². The van der Waals surface area contributed by atoms with Crippen LogP contribution in [0.15, 0.2) is 24.3 Å². The van der Waals surface area contributed by atoms with Crippen molar-refractivity contribution < 1.29 is 14.3 Å². The smallest absolute Gasteiger partial charge is 0.338 e. The molecule has 20 heavy (non-hydrogen) atoms. The summed E-state index contributed by atoms with van der Waals surface area (Å²) >= 11 is 0. The predicted octanol–water partition coefficient (Wildman–Crippen LogP) is 2.00. The van der Waals surface area contributed by atoms with Crippen molar-refractivity contribution in [1.82, 2.24) is 5.32 Å². The minimum atomic E-state index is -0.428. The number of carbonyl (C=O) groups excluding carboxylic acids is 2. The van der Waals surface area contributed by atoms with Gasteiger partial charge in [0.25, 0.3) is 5.91 Å². The predicted molar refractivity (Wildman–Crippen MR) is 75.2 cm³/mol. The van der Waals surface area contributed by atoms with E-state index < -0.39 is 5.97 Å². The Morgan fingerprint density at radius 2 is 2.15 bits per heavy atom. The first kappa shape index (κ1) is 14.1. The Labute approximate surface area is 118 Å². The van der Waals surface area contributed by atoms with E-state index in [0.717, 1.165) is 12.8 Å². The molecular weight excluding hydrogens is 254 g/mol. The first-order chi connectivity index (χ1) is 9.65. The van der Waals surface area contributed by atoms with Crippen molar-refractivity contribution in [3.8, 4) is 12.3 Å². The van der Waals surface area contributed by atoms with Crippen LogP contribution in [0.25, 0.3) is 0 Å². The van der Waals surface area contributed by atoms with Crippen LogP contribution in [0, 0.1) is 18.3 Å². The zero-order chi connectivity index (χ0) is 14.5. The third-order valence-corrected chi connectivity index (χ3v) is 3.31. The van der Waals surface area contributed by atoms with E-state index in [1.807, 2.05) is 0 Å². The average Bonchev–Trinajstić information content (AvgIpc) is 3.30. The second kappa shape index (κ2) is 6.25. The van der Waals surface area contributed by atoms with Crippen LogP contribution in [-0.4, -0.2) is 25.0 Å². The lowest BCUT2D eigenvalue weighted by Gasteiger charge is -2.15. The monoisotopic (exact) mass is 271 g/mol. The summed E-state index contributed by atoms with van der Waals surface area (Å²) in [5, 5.41) is 2.52. The fraction of sp³-hybridized carbons (Fsp3) is 0.375. The third kappa shape index (κ3) is 3.39. The minimum Gasteiger partial charge on any atom is -0.457 e. The van der Waals surface area contributed by atoms with Crippen LogP contribution in [0.5, 0.6) is 0 Å². The van der Waals surface area contributed by atoms with E-state index in [2.05, 4.69) is 11.2 Å². The van der Waals surface area contributed by atoms with Gasteiger partial charge < -0.3 is 10.1 Å². The Morgan fingerprint density at radius 1 is 1.45 bits per heavy atom. The van der Waals surface area contributed by atoms with Gasteiger partial charge in [0.1, 0.15) is 6.10 Å². The van der Waals surface area contributed by atoms with Gasteiger partial charge in [0.2, 0.25) is 0 Å². The molecule has 1 unspecified atom stereocenters. The fourth-order valence-electron chi connectivity index (χ4n) is 2.03. The molecule has 0 spiro atoms. The number of esters is 1. The van der Waals surface area contributed by atoms with Gasteiger partial charge in [0.15, 0.2) is 0 Å². The SMILES string of the molecule is C#CCC(OC(=O)c1cccc(C(=O)NC)c1)C1CC1. The van der Waals surface area contributed by atoms with E-state index in [1.54, 1.807) is 25.2 Å². The summed E-state index contributed by atoms with van der Waals surface area (Å²) in [5.41, 5.74) is 0.802. The fourth-order valence-corrected chi connectivity index (χ4v) is 2.03. The number of hydrogen-bond donors (Lipinski definition) is 1. The summed E-state index contributed by atoms with van der Waals surface area (Å²) in [5.74, 6) is 2.27. The van der Waals surface area contributed by atoms with Crippen molar-refractivity contribution >= 4 is 11.9 Å². The Morgan fingerprint density at radius 3 is 2.75 bits per heavy atom. The van der Waals surface area contributed by atoms with Crippen LogP contribution < -0.4 is 5.32 Å². The largest absolute Gasteiger partial charge is 0.457 e. The van der Waals surface area contributed by atoms with Crippen LogP contribution in [0.1, 0.15) is 40.0 Å². The van der Waals surface area contributed by atoms with E-state index in [4.69, 9.17) is 11.2 Å². The van der Waals surface area contributed by atoms with Crippen molar-refractivity contribution in [1.29, 1.82) is 0 Å². The highest BCUT2D eigenvalue weighted by Gasteiger charge is 2.33. The molecule has 0 bridgehead atoms. The molecule has 0 heterocycles. The van der Waals surface area contributed by atoms with Crippen molar-refractivity contribution in [3.63, 3.8) is 0 Å². The maximum atomic E-state index is 12.1. The number of amides is 1. The van der Waals surface area contributed by atoms with Crippen LogP contribution in [0.3, 0.4) is 0 Å². The van der Waals surface area contributed by atoms with E-state index in [9.17, 15) is 9.59 Å². The van der Waals surface area contributed by atoms with Crippen LogP contribution in [-0.2, 0) is 4.74 Å². The summed E-state index contributed by atoms with van der Waals surface area (Å²) in [6.45, 7) is 0. The number of carbonyl (C=O) groups is 2. The molecule has 4 nitrogen and oxygen atoms in total. The summed E-state index contributed by atoms with van der Waals surface area (Å²) in [7, 11) is 1.55. The number of ether oxygens (including phenoxy) is 1. The van der Waals surface area contributed by atoms with Crippen LogP contribution >= 0.6 is 0 Å². The van der Waals surface area contributed by atoms with E-state index in [0.29, 0.717) is 23.5 Å². The molecule has 1 fully saturated rings. The Balaban J connectivity index is 2.08. The maximum Gasteiger partial charge on any atom is 0.338 e. The highest BCUT2D eigenvalue weighted by atomic mass is 16.5. The first-order valence-electron chi connectivity index (χ1n) is 6.62. The molecule has 1 aliphatic rings. The molecule has 1 atom stereocenters. The number of nitrogens with one attached hydrogen (secondary N) is 1. The maximum absolute atomic E-state index is 12.1. The lowest BCUT2D eigenvalue weighted by Crippen LogP contribution is -2.21. The Bertz CT molecular complexity index is 555. The van der Waals surface area contributed by atoms with E-state index in [1.165, 1.54) is 6.07 Å². The molecule has 2 rings (SSSR count). The standard InChI is InChI=1S/C16H17NO3/c1-3-5-14(11-8-9-11)20-16(19)13-7-4-6-12(10-13)15(18)17-2/h1,4,6-7,10-11,14H,5,8-9H2,2H3,(H,17,18). The summed E-state index contributed by atoms with van der Waals surface area (Å²) < 4.78 is 5.46. The van der Waals surface area contributed by atoms with Gasteiger partial charge in [0, 0.05) is 19.0 Å². The molecule has 1 amide bonds. The van der Waals surface area contributed by atoms with Crippen LogP contribution in [0.4, 0.5) is 0 Å². The van der Waals surface area contributed by atoms with Gasteiger partial charge in [-0.2, -0.15) is 0 Å². The quantitative estimate of drug-likeness (QED) is 0.658. The summed E-state index contributed by atoms with van der Waals surface area (Å²) in [6, 6.07) is 6.47. The molecule has 0 aliphatic heterocycles. The van der Waals surface area contributed by atoms with Crippen LogP contribution in [0.2, 0.25) is 0 Å². The van der Waals surface area contributed by atoms with Gasteiger partial charge >= 0.3 is 5.97 Å². The molecule has 0 aromatic heterocycles. The molecule has 0 radical (unpaired) electrons. The lowest BCUT2D eigenvalue weighted by atomic mass is 10.1. The number of hydrogen-bond acceptors (Lipinski definition) is 3. The molecule has 1 aromatic carbocycles. The lowest BCUT2D eigenvalue weighted by molar-refractivity contribution is 0.0261. The minimum absolute atomic E-state index is 0.212. The van der Waals surface area contributed by atoms with E-state index in [-0.39, 0.29) is 12.0 Å². The summed E-state index contributed by atoms with van der Waals surface area (Å²) in [4.78, 5) is 23.6. The second-order valence-corrected chi connectivity index (χ2v) is 4.85. The molecule has 1 aromatic rings. The van der Waals surface area contributed by atoms with Crippen molar-refractivity contribution in [3.05, 3.63) is 35.4 Å². The van der Waals surface area contributed by atoms with Gasteiger partial charge in [-0.1, -0.05) is 6.07 Å². The average molecular weight is 271 g/mol. The molecule has 4 heteroatoms. The molecule has 1 saturated carbocycles. The zero-order valence-corrected chi connectivity index (χ0v) is 11.4. The van der Waals surface area contributed by atoms with Gasteiger partial charge in [-0.25, -0.2) is 4.79 Å². The third-order valence-electron chi connectivity index (χ3n) is 3.31. The molecule has 1 aliphatic carbocycles. The highest BCUT2D eigenvalue weighted by Crippen LogP contribution is 2.36. The van der Waals surface area contributed by atoms with Crippen molar-refractivity contribution in [2.45, 2.75) is 25.4 Å². The molecular formula is C16H17NO3. The van der Waals surface area contributed by atoms with Crippen molar-refractivity contribution in [2.75, 3.05) is 7.05 Å². The molecule has 104 valence electrons. The molecule has 0 saturated heterocycles. The Kier molecular flexibility index (Phi) is 4.41. The van der Waals surface area contributed by atoms with Gasteiger partial charge in [-0.3, -0.25) is 4.79 Å². The number of benzene rings is 1. The Hall–Kier alpha value is -2.28. The molecule has 1 N–H and O–H groups in total. The highest BCUT2D eigenvalue weighted by molar-refractivity contribution is 5.97. The number of rotatable bonds is 5. The van der Waals surface area contributed by atoms with Crippen molar-refractivity contribution in [2.24, 2.45) is 5.92 Å². The topological polar surface area (TPSA) is 55.4 Å². The van der Waals surface area contributed by atoms with Gasteiger partial charge in [0.05, 0.1) is 5.56 Å². The first-order valence-corrected chi connectivity index (χ1v) is 6.62. The second-order valence-electron chi connectivity index (χ2n) is 4.85. The normalized spacial score (nSPS) is 15.0. The number of terminal acetylenes is 1. The van der Waals surface area contributed by atoms with Gasteiger partial charge in [-0.05, 0) is 37.0 Å². The summed E-state index contributed by atoms with van der Waals surface area (Å²) in [6.07, 6.45) is 7.63.